The molecule has 7 nitrogen and oxygen atoms in total. The second kappa shape index (κ2) is 12.7. The maximum absolute atomic E-state index is 13.7. The molecule has 0 saturated heterocycles. The van der Waals surface area contributed by atoms with Crippen molar-refractivity contribution in [2.75, 3.05) is 13.3 Å². The van der Waals surface area contributed by atoms with Gasteiger partial charge in [-0.1, -0.05) is 38.0 Å². The minimum Gasteiger partial charge on any atom is -0.464 e. The highest BCUT2D eigenvalue weighted by Gasteiger charge is 2.26. The Balaban J connectivity index is 1.49. The van der Waals surface area contributed by atoms with E-state index in [1.807, 2.05) is 75.4 Å². The minimum atomic E-state index is -0.157. The Morgan fingerprint density at radius 3 is 2.32 bits per heavy atom. The molecule has 0 saturated carbocycles. The molecule has 202 valence electrons. The number of amides is 2. The highest BCUT2D eigenvalue weighted by molar-refractivity contribution is 5.96. The summed E-state index contributed by atoms with van der Waals surface area (Å²) in [7, 11) is 0. The lowest BCUT2D eigenvalue weighted by Crippen LogP contribution is -2.45. The fourth-order valence-corrected chi connectivity index (χ4v) is 4.54. The van der Waals surface area contributed by atoms with Crippen molar-refractivity contribution >= 4 is 11.8 Å². The number of fused-ring (bicyclic) bond motifs is 1. The summed E-state index contributed by atoms with van der Waals surface area (Å²) in [5.41, 5.74) is 2.73. The van der Waals surface area contributed by atoms with Crippen molar-refractivity contribution in [3.63, 3.8) is 0 Å². The van der Waals surface area contributed by atoms with E-state index in [0.717, 1.165) is 24.2 Å². The molecule has 2 aromatic carbocycles. The average molecular weight is 519 g/mol. The Morgan fingerprint density at radius 1 is 0.895 bits per heavy atom. The van der Waals surface area contributed by atoms with Gasteiger partial charge in [-0.05, 0) is 81.1 Å². The summed E-state index contributed by atoms with van der Waals surface area (Å²) >= 11 is 0. The minimum absolute atomic E-state index is 0.0288. The third-order valence-electron chi connectivity index (χ3n) is 6.77. The van der Waals surface area contributed by atoms with Gasteiger partial charge in [0.2, 0.25) is 12.7 Å². The number of unbranched alkanes of at least 4 members (excludes halogenated alkanes) is 2. The molecule has 2 heterocycles. The Morgan fingerprint density at radius 2 is 1.63 bits per heavy atom. The molecule has 0 atom stereocenters. The number of aryl methyl sites for hydroxylation is 2. The lowest BCUT2D eigenvalue weighted by Gasteiger charge is -2.30. The molecule has 1 aliphatic rings. The first kappa shape index (κ1) is 27.3. The molecule has 1 aliphatic heterocycles. The van der Waals surface area contributed by atoms with Crippen LogP contribution < -0.4 is 9.47 Å². The smallest absolute Gasteiger partial charge is 0.254 e. The van der Waals surface area contributed by atoms with Gasteiger partial charge in [-0.15, -0.1) is 0 Å². The number of ether oxygens (including phenoxy) is 2. The summed E-state index contributed by atoms with van der Waals surface area (Å²) < 4.78 is 16.7. The van der Waals surface area contributed by atoms with Crippen LogP contribution in [-0.2, 0) is 24.3 Å². The Kier molecular flexibility index (Phi) is 9.10. The first-order valence-corrected chi connectivity index (χ1v) is 13.5. The van der Waals surface area contributed by atoms with Crippen LogP contribution in [0, 0.1) is 6.92 Å². The molecular formula is C31H38N2O5. The van der Waals surface area contributed by atoms with E-state index >= 15 is 0 Å². The average Bonchev–Trinajstić information content (AvgIpc) is 3.55. The summed E-state index contributed by atoms with van der Waals surface area (Å²) in [6, 6.07) is 17.1. The van der Waals surface area contributed by atoms with Crippen molar-refractivity contribution < 1.29 is 23.5 Å². The maximum Gasteiger partial charge on any atom is 0.254 e. The highest BCUT2D eigenvalue weighted by Crippen LogP contribution is 2.33. The van der Waals surface area contributed by atoms with E-state index in [1.54, 1.807) is 9.80 Å². The van der Waals surface area contributed by atoms with Gasteiger partial charge in [0, 0.05) is 18.2 Å². The number of benzene rings is 2. The number of carbonyl (C=O) groups excluding carboxylic acids is 2. The molecule has 3 aromatic rings. The van der Waals surface area contributed by atoms with Gasteiger partial charge in [0.1, 0.15) is 18.1 Å². The lowest BCUT2D eigenvalue weighted by molar-refractivity contribution is -0.133. The predicted molar refractivity (Wildman–Crippen MR) is 146 cm³/mol. The third-order valence-corrected chi connectivity index (χ3v) is 6.77. The first-order valence-electron chi connectivity index (χ1n) is 13.5. The van der Waals surface area contributed by atoms with Crippen LogP contribution in [0.4, 0.5) is 0 Å². The quantitative estimate of drug-likeness (QED) is 0.270. The number of hydrogen-bond donors (Lipinski definition) is 0. The van der Waals surface area contributed by atoms with E-state index in [0.29, 0.717) is 35.9 Å². The monoisotopic (exact) mass is 518 g/mol. The zero-order valence-corrected chi connectivity index (χ0v) is 22.9. The van der Waals surface area contributed by atoms with Crippen LogP contribution >= 0.6 is 0 Å². The lowest BCUT2D eigenvalue weighted by atomic mass is 10.0. The number of rotatable bonds is 12. The Labute approximate surface area is 225 Å². The van der Waals surface area contributed by atoms with Gasteiger partial charge in [-0.3, -0.25) is 9.59 Å². The fraction of sp³-hybridized carbons (Fsp3) is 0.419. The molecule has 7 heteroatoms. The van der Waals surface area contributed by atoms with Crippen LogP contribution in [0.2, 0.25) is 0 Å². The number of furan rings is 1. The first-order chi connectivity index (χ1) is 18.3. The standard InChI is InChI=1S/C31H38N2O5/c1-5-6-7-8-24-10-13-26(14-11-24)31(35)33(22(2)3)20-30(34)32(19-27-15-9-23(4)38-27)18-25-12-16-28-29(17-25)37-21-36-28/h9-17,22H,5-8,18-21H2,1-4H3. The van der Waals surface area contributed by atoms with E-state index in [4.69, 9.17) is 13.9 Å². The zero-order chi connectivity index (χ0) is 27.1. The van der Waals surface area contributed by atoms with Crippen LogP contribution in [0.15, 0.2) is 59.0 Å². The molecule has 0 unspecified atom stereocenters. The van der Waals surface area contributed by atoms with Gasteiger partial charge < -0.3 is 23.7 Å². The fourth-order valence-electron chi connectivity index (χ4n) is 4.54. The highest BCUT2D eigenvalue weighted by atomic mass is 16.7. The van der Waals surface area contributed by atoms with Gasteiger partial charge in [0.25, 0.3) is 5.91 Å². The van der Waals surface area contributed by atoms with Gasteiger partial charge in [-0.2, -0.15) is 0 Å². The molecular weight excluding hydrogens is 480 g/mol. The number of hydrogen-bond acceptors (Lipinski definition) is 5. The molecule has 38 heavy (non-hydrogen) atoms. The predicted octanol–water partition coefficient (Wildman–Crippen LogP) is 6.13. The van der Waals surface area contributed by atoms with Crippen LogP contribution in [0.5, 0.6) is 11.5 Å². The van der Waals surface area contributed by atoms with Crippen LogP contribution in [0.25, 0.3) is 0 Å². The van der Waals surface area contributed by atoms with Crippen molar-refractivity contribution in [3.8, 4) is 11.5 Å². The SMILES string of the molecule is CCCCCc1ccc(C(=O)N(CC(=O)N(Cc2ccc3c(c2)OCO3)Cc2ccc(C)o2)C(C)C)cc1. The second-order valence-corrected chi connectivity index (χ2v) is 10.1. The van der Waals surface area contributed by atoms with Gasteiger partial charge >= 0.3 is 0 Å². The van der Waals surface area contributed by atoms with E-state index in [9.17, 15) is 9.59 Å². The second-order valence-electron chi connectivity index (χ2n) is 10.1. The molecule has 0 radical (unpaired) electrons. The topological polar surface area (TPSA) is 72.2 Å². The summed E-state index contributed by atoms with van der Waals surface area (Å²) in [6.45, 7) is 8.74. The van der Waals surface area contributed by atoms with Crippen molar-refractivity contribution in [1.29, 1.82) is 0 Å². The van der Waals surface area contributed by atoms with E-state index in [-0.39, 0.29) is 31.2 Å². The summed E-state index contributed by atoms with van der Waals surface area (Å²) in [5.74, 6) is 2.53. The van der Waals surface area contributed by atoms with Crippen molar-refractivity contribution in [1.82, 2.24) is 9.80 Å². The zero-order valence-electron chi connectivity index (χ0n) is 22.9. The largest absolute Gasteiger partial charge is 0.464 e. The molecule has 1 aromatic heterocycles. The molecule has 0 N–H and O–H groups in total. The number of carbonyl (C=O) groups is 2. The molecule has 0 aliphatic carbocycles. The van der Waals surface area contributed by atoms with Gasteiger partial charge in [-0.25, -0.2) is 0 Å². The van der Waals surface area contributed by atoms with Crippen LogP contribution in [0.3, 0.4) is 0 Å². The summed E-state index contributed by atoms with van der Waals surface area (Å²) in [4.78, 5) is 30.5. The van der Waals surface area contributed by atoms with Crippen molar-refractivity contribution in [2.24, 2.45) is 0 Å². The van der Waals surface area contributed by atoms with Crippen LogP contribution in [-0.4, -0.2) is 41.0 Å². The van der Waals surface area contributed by atoms with E-state index in [1.165, 1.54) is 18.4 Å². The molecule has 4 rings (SSSR count). The molecule has 2 amide bonds. The normalized spacial score (nSPS) is 12.1. The summed E-state index contributed by atoms with van der Waals surface area (Å²) in [5, 5.41) is 0. The Hall–Kier alpha value is -3.74. The van der Waals surface area contributed by atoms with Crippen LogP contribution in [0.1, 0.15) is 73.0 Å². The maximum atomic E-state index is 13.7. The third kappa shape index (κ3) is 6.97. The molecule has 0 spiro atoms. The van der Waals surface area contributed by atoms with Gasteiger partial charge in [0.05, 0.1) is 6.54 Å². The van der Waals surface area contributed by atoms with Crippen molar-refractivity contribution in [2.45, 2.75) is 72.5 Å². The summed E-state index contributed by atoms with van der Waals surface area (Å²) in [6.07, 6.45) is 4.53. The van der Waals surface area contributed by atoms with Gasteiger partial charge in [0.15, 0.2) is 11.5 Å². The number of nitrogens with zero attached hydrogens (tertiary/aromatic N) is 2. The molecule has 0 bridgehead atoms. The molecule has 0 fully saturated rings. The van der Waals surface area contributed by atoms with Crippen molar-refractivity contribution in [3.05, 3.63) is 82.8 Å². The van der Waals surface area contributed by atoms with E-state index in [2.05, 4.69) is 6.92 Å². The Bertz CT molecular complexity index is 1230. The van der Waals surface area contributed by atoms with E-state index < -0.39 is 0 Å².